The molecule has 68 valence electrons. The smallest absolute Gasteiger partial charge is 0.160 e. The Kier molecular flexibility index (Phi) is 1.83. The predicted molar refractivity (Wildman–Crippen MR) is 50.4 cm³/mol. The lowest BCUT2D eigenvalue weighted by Crippen LogP contribution is -2.00. The van der Waals surface area contributed by atoms with Crippen molar-refractivity contribution in [2.45, 2.75) is 19.8 Å². The number of carbonyl (C=O) groups is 1. The molecule has 0 aliphatic carbocycles. The van der Waals surface area contributed by atoms with Crippen molar-refractivity contribution in [1.29, 1.82) is 0 Å². The molecule has 0 spiro atoms. The van der Waals surface area contributed by atoms with E-state index in [2.05, 4.69) is 6.92 Å². The van der Waals surface area contributed by atoms with Crippen molar-refractivity contribution in [3.63, 3.8) is 0 Å². The normalized spacial score (nSPS) is 19.4. The number of ether oxygens (including phenoxy) is 1. The molecule has 0 saturated carbocycles. The van der Waals surface area contributed by atoms with E-state index in [0.717, 1.165) is 16.9 Å². The van der Waals surface area contributed by atoms with Crippen LogP contribution in [0.1, 0.15) is 35.7 Å². The zero-order chi connectivity index (χ0) is 9.42. The summed E-state index contributed by atoms with van der Waals surface area (Å²) in [5.74, 6) is 1.34. The first-order valence-corrected chi connectivity index (χ1v) is 4.47. The Balaban J connectivity index is 2.60. The third kappa shape index (κ3) is 1.22. The number of benzene rings is 1. The van der Waals surface area contributed by atoms with Gasteiger partial charge in [-0.05, 0) is 13.0 Å². The Morgan fingerprint density at radius 2 is 2.31 bits per heavy atom. The molecule has 0 bridgehead atoms. The van der Waals surface area contributed by atoms with Gasteiger partial charge in [-0.25, -0.2) is 0 Å². The van der Waals surface area contributed by atoms with Crippen molar-refractivity contribution < 1.29 is 9.53 Å². The van der Waals surface area contributed by atoms with Gasteiger partial charge in [0, 0.05) is 17.0 Å². The number of carbonyl (C=O) groups excluding carboxylic acids is 1. The van der Waals surface area contributed by atoms with Gasteiger partial charge in [-0.1, -0.05) is 19.1 Å². The average Bonchev–Trinajstić information content (AvgIpc) is 2.48. The molecule has 1 aromatic carbocycles. The predicted octanol–water partition coefficient (Wildman–Crippen LogP) is 2.39. The molecule has 0 N–H and O–H groups in total. The van der Waals surface area contributed by atoms with Crippen LogP contribution in [-0.4, -0.2) is 12.4 Å². The number of rotatable bonds is 1. The molecule has 13 heavy (non-hydrogen) atoms. The van der Waals surface area contributed by atoms with E-state index in [1.54, 1.807) is 6.92 Å². The minimum Gasteiger partial charge on any atom is -0.493 e. The largest absolute Gasteiger partial charge is 0.493 e. The fraction of sp³-hybridized carbons (Fsp3) is 0.364. The van der Waals surface area contributed by atoms with E-state index in [1.807, 2.05) is 18.2 Å². The van der Waals surface area contributed by atoms with Crippen LogP contribution in [0.5, 0.6) is 5.75 Å². The van der Waals surface area contributed by atoms with Gasteiger partial charge < -0.3 is 4.74 Å². The van der Waals surface area contributed by atoms with Gasteiger partial charge in [-0.2, -0.15) is 0 Å². The first-order chi connectivity index (χ1) is 6.20. The van der Waals surface area contributed by atoms with Gasteiger partial charge in [0.15, 0.2) is 5.78 Å². The molecule has 2 rings (SSSR count). The van der Waals surface area contributed by atoms with E-state index in [0.29, 0.717) is 12.5 Å². The number of ketones is 1. The monoisotopic (exact) mass is 176 g/mol. The molecule has 0 radical (unpaired) electrons. The van der Waals surface area contributed by atoms with Crippen molar-refractivity contribution in [3.8, 4) is 5.75 Å². The van der Waals surface area contributed by atoms with Crippen LogP contribution in [0.4, 0.5) is 0 Å². The molecule has 0 amide bonds. The summed E-state index contributed by atoms with van der Waals surface area (Å²) in [5.41, 5.74) is 1.89. The molecule has 1 heterocycles. The summed E-state index contributed by atoms with van der Waals surface area (Å²) in [6, 6.07) is 5.66. The number of hydrogen-bond acceptors (Lipinski definition) is 2. The van der Waals surface area contributed by atoms with Gasteiger partial charge in [-0.15, -0.1) is 0 Å². The van der Waals surface area contributed by atoms with Gasteiger partial charge in [0.25, 0.3) is 0 Å². The molecule has 2 nitrogen and oxygen atoms in total. The average molecular weight is 176 g/mol. The summed E-state index contributed by atoms with van der Waals surface area (Å²) in [5, 5.41) is 0. The van der Waals surface area contributed by atoms with Gasteiger partial charge >= 0.3 is 0 Å². The first-order valence-electron chi connectivity index (χ1n) is 4.47. The van der Waals surface area contributed by atoms with Crippen molar-refractivity contribution >= 4 is 5.78 Å². The second-order valence-electron chi connectivity index (χ2n) is 3.49. The second kappa shape index (κ2) is 2.87. The molecule has 2 heteroatoms. The van der Waals surface area contributed by atoms with Crippen LogP contribution >= 0.6 is 0 Å². The molecule has 0 fully saturated rings. The minimum absolute atomic E-state index is 0.120. The van der Waals surface area contributed by atoms with Crippen LogP contribution in [0, 0.1) is 0 Å². The van der Waals surface area contributed by atoms with Crippen LogP contribution in [0.15, 0.2) is 18.2 Å². The summed E-state index contributed by atoms with van der Waals surface area (Å²) in [6.07, 6.45) is 0. The maximum atomic E-state index is 11.3. The fourth-order valence-corrected chi connectivity index (χ4v) is 1.78. The summed E-state index contributed by atoms with van der Waals surface area (Å²) in [4.78, 5) is 11.3. The van der Waals surface area contributed by atoms with Gasteiger partial charge in [0.2, 0.25) is 0 Å². The molecular weight excluding hydrogens is 164 g/mol. The molecule has 0 unspecified atom stereocenters. The van der Waals surface area contributed by atoms with Crippen LogP contribution in [0.3, 0.4) is 0 Å². The number of Topliss-reactive ketones (excluding diaryl/α,β-unsaturated/α-hetero) is 1. The number of hydrogen-bond donors (Lipinski definition) is 0. The maximum Gasteiger partial charge on any atom is 0.160 e. The Morgan fingerprint density at radius 1 is 1.54 bits per heavy atom. The molecule has 1 atom stereocenters. The molecule has 0 aromatic heterocycles. The third-order valence-corrected chi connectivity index (χ3v) is 2.43. The highest BCUT2D eigenvalue weighted by molar-refractivity contribution is 5.96. The van der Waals surface area contributed by atoms with Gasteiger partial charge in [-0.3, -0.25) is 4.79 Å². The van der Waals surface area contributed by atoms with E-state index in [9.17, 15) is 4.79 Å². The van der Waals surface area contributed by atoms with Gasteiger partial charge in [0.05, 0.1) is 6.61 Å². The third-order valence-electron chi connectivity index (χ3n) is 2.43. The Morgan fingerprint density at radius 3 is 3.00 bits per heavy atom. The molecule has 1 aromatic rings. The Bertz CT molecular complexity index is 355. The SMILES string of the molecule is CC(=O)c1cccc2c1[C@@H](C)CO2. The Hall–Kier alpha value is -1.31. The fourth-order valence-electron chi connectivity index (χ4n) is 1.78. The van der Waals surface area contributed by atoms with Crippen LogP contribution in [0.25, 0.3) is 0 Å². The molecule has 1 aliphatic heterocycles. The van der Waals surface area contributed by atoms with E-state index in [1.165, 1.54) is 0 Å². The second-order valence-corrected chi connectivity index (χ2v) is 3.49. The highest BCUT2D eigenvalue weighted by Gasteiger charge is 2.24. The van der Waals surface area contributed by atoms with Crippen LogP contribution < -0.4 is 4.74 Å². The highest BCUT2D eigenvalue weighted by atomic mass is 16.5. The van der Waals surface area contributed by atoms with E-state index in [-0.39, 0.29) is 5.78 Å². The first kappa shape index (κ1) is 8.30. The van der Waals surface area contributed by atoms with Crippen molar-refractivity contribution in [1.82, 2.24) is 0 Å². The van der Waals surface area contributed by atoms with E-state index in [4.69, 9.17) is 4.74 Å². The zero-order valence-corrected chi connectivity index (χ0v) is 7.83. The van der Waals surface area contributed by atoms with Crippen LogP contribution in [-0.2, 0) is 0 Å². The van der Waals surface area contributed by atoms with E-state index >= 15 is 0 Å². The zero-order valence-electron chi connectivity index (χ0n) is 7.83. The van der Waals surface area contributed by atoms with E-state index < -0.39 is 0 Å². The lowest BCUT2D eigenvalue weighted by Gasteiger charge is -2.05. The maximum absolute atomic E-state index is 11.3. The van der Waals surface area contributed by atoms with Crippen molar-refractivity contribution in [3.05, 3.63) is 29.3 Å². The summed E-state index contributed by atoms with van der Waals surface area (Å²) in [6.45, 7) is 4.37. The number of fused-ring (bicyclic) bond motifs is 1. The summed E-state index contributed by atoms with van der Waals surface area (Å²) < 4.78 is 5.45. The van der Waals surface area contributed by atoms with Crippen molar-refractivity contribution in [2.75, 3.05) is 6.61 Å². The van der Waals surface area contributed by atoms with Gasteiger partial charge in [0.1, 0.15) is 5.75 Å². The van der Waals surface area contributed by atoms with Crippen LogP contribution in [0.2, 0.25) is 0 Å². The lowest BCUT2D eigenvalue weighted by molar-refractivity contribution is 0.101. The minimum atomic E-state index is 0.120. The lowest BCUT2D eigenvalue weighted by atomic mass is 9.95. The van der Waals surface area contributed by atoms with Crippen molar-refractivity contribution in [2.24, 2.45) is 0 Å². The summed E-state index contributed by atoms with van der Waals surface area (Å²) >= 11 is 0. The molecule has 0 saturated heterocycles. The molecular formula is C11H12O2. The Labute approximate surface area is 77.5 Å². The summed E-state index contributed by atoms with van der Waals surface area (Å²) in [7, 11) is 0. The highest BCUT2D eigenvalue weighted by Crippen LogP contribution is 2.36. The standard InChI is InChI=1S/C11H12O2/c1-7-6-13-10-5-3-4-9(8(2)12)11(7)10/h3-5,7H,6H2,1-2H3/t7-/m0/s1. The quantitative estimate of drug-likeness (QED) is 0.614. The topological polar surface area (TPSA) is 26.3 Å². The molecule has 1 aliphatic rings.